The Balaban J connectivity index is 2.38. The van der Waals surface area contributed by atoms with Crippen LogP contribution in [-0.4, -0.2) is 12.1 Å². The number of nitriles is 1. The molecule has 0 aliphatic carbocycles. The first-order valence-corrected chi connectivity index (χ1v) is 5.50. The number of amides is 1. The lowest BCUT2D eigenvalue weighted by atomic mass is 10.1. The van der Waals surface area contributed by atoms with E-state index >= 15 is 0 Å². The fraction of sp³-hybridized carbons (Fsp3) is 0.385. The molecule has 0 saturated heterocycles. The lowest BCUT2D eigenvalue weighted by Gasteiger charge is -2.14. The molecule has 90 valence electrons. The largest absolute Gasteiger partial charge is 0.445 e. The molecule has 0 aliphatic heterocycles. The molecule has 1 N–H and O–H groups in total. The van der Waals surface area contributed by atoms with Crippen molar-refractivity contribution in [1.82, 2.24) is 5.32 Å². The van der Waals surface area contributed by atoms with Crippen molar-refractivity contribution in [2.45, 2.75) is 26.5 Å². The molecule has 1 aromatic rings. The molecule has 0 radical (unpaired) electrons. The summed E-state index contributed by atoms with van der Waals surface area (Å²) in [6.07, 6.45) is -0.561. The van der Waals surface area contributed by atoms with Gasteiger partial charge in [-0.15, -0.1) is 0 Å². The molecular formula is C13H16N2O2. The second-order valence-electron chi connectivity index (χ2n) is 4.06. The van der Waals surface area contributed by atoms with E-state index in [1.165, 1.54) is 0 Å². The van der Waals surface area contributed by atoms with E-state index < -0.39 is 12.1 Å². The van der Waals surface area contributed by atoms with Crippen LogP contribution in [0.2, 0.25) is 0 Å². The van der Waals surface area contributed by atoms with Gasteiger partial charge in [-0.05, 0) is 11.5 Å². The monoisotopic (exact) mass is 232 g/mol. The third-order valence-corrected chi connectivity index (χ3v) is 2.29. The van der Waals surface area contributed by atoms with Crippen LogP contribution in [0.25, 0.3) is 0 Å². The Bertz CT molecular complexity index is 396. The first kappa shape index (κ1) is 13.0. The maximum absolute atomic E-state index is 11.4. The van der Waals surface area contributed by atoms with E-state index in [9.17, 15) is 4.79 Å². The average Bonchev–Trinajstić information content (AvgIpc) is 2.34. The molecule has 0 aliphatic rings. The van der Waals surface area contributed by atoms with Gasteiger partial charge in [0.15, 0.2) is 0 Å². The van der Waals surface area contributed by atoms with E-state index in [2.05, 4.69) is 5.32 Å². The minimum absolute atomic E-state index is 0.0595. The second kappa shape index (κ2) is 6.54. The van der Waals surface area contributed by atoms with E-state index in [1.54, 1.807) is 0 Å². The molecule has 1 rings (SSSR count). The highest BCUT2D eigenvalue weighted by atomic mass is 16.5. The molecule has 1 aromatic carbocycles. The fourth-order valence-corrected chi connectivity index (χ4v) is 1.24. The summed E-state index contributed by atoms with van der Waals surface area (Å²) in [6, 6.07) is 10.9. The van der Waals surface area contributed by atoms with Gasteiger partial charge in [-0.2, -0.15) is 5.26 Å². The van der Waals surface area contributed by atoms with Crippen LogP contribution in [0.15, 0.2) is 30.3 Å². The molecule has 1 amide bonds. The van der Waals surface area contributed by atoms with Crippen LogP contribution in [0.3, 0.4) is 0 Å². The Labute approximate surface area is 101 Å². The van der Waals surface area contributed by atoms with Gasteiger partial charge in [0.25, 0.3) is 0 Å². The van der Waals surface area contributed by atoms with Gasteiger partial charge in [0.2, 0.25) is 0 Å². The number of ether oxygens (including phenoxy) is 1. The molecule has 0 bridgehead atoms. The van der Waals surface area contributed by atoms with E-state index in [0.717, 1.165) is 5.56 Å². The minimum atomic E-state index is -0.561. The molecule has 0 fully saturated rings. The zero-order valence-electron chi connectivity index (χ0n) is 10.0. The van der Waals surface area contributed by atoms with Crippen molar-refractivity contribution in [2.24, 2.45) is 5.92 Å². The highest BCUT2D eigenvalue weighted by Gasteiger charge is 2.15. The van der Waals surface area contributed by atoms with Crippen LogP contribution in [0.5, 0.6) is 0 Å². The van der Waals surface area contributed by atoms with Crippen molar-refractivity contribution in [2.75, 3.05) is 0 Å². The summed E-state index contributed by atoms with van der Waals surface area (Å²) in [5, 5.41) is 11.3. The van der Waals surface area contributed by atoms with Crippen LogP contribution in [0.4, 0.5) is 4.79 Å². The fourth-order valence-electron chi connectivity index (χ4n) is 1.24. The molecular weight excluding hydrogens is 216 g/mol. The third kappa shape index (κ3) is 4.56. The van der Waals surface area contributed by atoms with Gasteiger partial charge in [-0.1, -0.05) is 44.2 Å². The lowest BCUT2D eigenvalue weighted by molar-refractivity contribution is 0.135. The molecule has 0 aromatic heterocycles. The Morgan fingerprint density at radius 2 is 2.06 bits per heavy atom. The van der Waals surface area contributed by atoms with Crippen molar-refractivity contribution >= 4 is 6.09 Å². The summed E-state index contributed by atoms with van der Waals surface area (Å²) in [6.45, 7) is 3.94. The molecule has 1 atom stereocenters. The number of rotatable bonds is 4. The number of benzene rings is 1. The molecule has 0 unspecified atom stereocenters. The quantitative estimate of drug-likeness (QED) is 0.867. The molecule has 0 spiro atoms. The van der Waals surface area contributed by atoms with Crippen molar-refractivity contribution in [3.05, 3.63) is 35.9 Å². The van der Waals surface area contributed by atoms with Gasteiger partial charge >= 0.3 is 6.09 Å². The Morgan fingerprint density at radius 3 is 2.59 bits per heavy atom. The van der Waals surface area contributed by atoms with Crippen molar-refractivity contribution < 1.29 is 9.53 Å². The van der Waals surface area contributed by atoms with Gasteiger partial charge in [-0.25, -0.2) is 4.79 Å². The predicted octanol–water partition coefficient (Wildman–Crippen LogP) is 2.46. The summed E-state index contributed by atoms with van der Waals surface area (Å²) in [5.74, 6) is 0.0595. The number of hydrogen-bond donors (Lipinski definition) is 1. The van der Waals surface area contributed by atoms with Crippen LogP contribution in [-0.2, 0) is 11.3 Å². The zero-order chi connectivity index (χ0) is 12.7. The number of hydrogen-bond acceptors (Lipinski definition) is 3. The van der Waals surface area contributed by atoms with E-state index in [4.69, 9.17) is 10.00 Å². The first-order chi connectivity index (χ1) is 8.13. The lowest BCUT2D eigenvalue weighted by Crippen LogP contribution is -2.37. The number of nitrogens with zero attached hydrogens (tertiary/aromatic N) is 1. The summed E-state index contributed by atoms with van der Waals surface area (Å²) in [4.78, 5) is 11.4. The smallest absolute Gasteiger partial charge is 0.408 e. The molecule has 17 heavy (non-hydrogen) atoms. The third-order valence-electron chi connectivity index (χ3n) is 2.29. The topological polar surface area (TPSA) is 62.1 Å². The van der Waals surface area contributed by atoms with E-state index in [1.807, 2.05) is 50.2 Å². The van der Waals surface area contributed by atoms with Crippen LogP contribution < -0.4 is 5.32 Å². The SMILES string of the molecule is CC(C)[C@H](C#N)NC(=O)OCc1ccccc1. The van der Waals surface area contributed by atoms with E-state index in [-0.39, 0.29) is 12.5 Å². The maximum atomic E-state index is 11.4. The minimum Gasteiger partial charge on any atom is -0.445 e. The summed E-state index contributed by atoms with van der Waals surface area (Å²) >= 11 is 0. The van der Waals surface area contributed by atoms with Crippen LogP contribution in [0, 0.1) is 17.2 Å². The predicted molar refractivity (Wildman–Crippen MR) is 64.0 cm³/mol. The number of nitrogens with one attached hydrogen (secondary N) is 1. The highest BCUT2D eigenvalue weighted by molar-refractivity contribution is 5.68. The number of alkyl carbamates (subject to hydrolysis) is 1. The van der Waals surface area contributed by atoms with Gasteiger partial charge in [-0.3, -0.25) is 0 Å². The molecule has 0 heterocycles. The molecule has 0 saturated carbocycles. The maximum Gasteiger partial charge on any atom is 0.408 e. The normalized spacial score (nSPS) is 11.6. The van der Waals surface area contributed by atoms with Gasteiger partial charge in [0.1, 0.15) is 12.6 Å². The second-order valence-corrected chi connectivity index (χ2v) is 4.06. The van der Waals surface area contributed by atoms with Gasteiger partial charge < -0.3 is 10.1 Å². The summed E-state index contributed by atoms with van der Waals surface area (Å²) in [7, 11) is 0. The first-order valence-electron chi connectivity index (χ1n) is 5.50. The summed E-state index contributed by atoms with van der Waals surface area (Å²) in [5.41, 5.74) is 0.917. The van der Waals surface area contributed by atoms with Crippen LogP contribution >= 0.6 is 0 Å². The summed E-state index contributed by atoms with van der Waals surface area (Å²) < 4.78 is 5.01. The van der Waals surface area contributed by atoms with Gasteiger partial charge in [0, 0.05) is 0 Å². The molecule has 4 nitrogen and oxygen atoms in total. The molecule has 4 heteroatoms. The highest BCUT2D eigenvalue weighted by Crippen LogP contribution is 2.03. The number of carbonyl (C=O) groups is 1. The van der Waals surface area contributed by atoms with Crippen LogP contribution in [0.1, 0.15) is 19.4 Å². The standard InChI is InChI=1S/C13H16N2O2/c1-10(2)12(8-14)15-13(16)17-9-11-6-4-3-5-7-11/h3-7,10,12H,9H2,1-2H3,(H,15,16)/t12-/m0/s1. The van der Waals surface area contributed by atoms with Crippen molar-refractivity contribution in [3.8, 4) is 6.07 Å². The Hall–Kier alpha value is -2.02. The Kier molecular flexibility index (Phi) is 5.02. The van der Waals surface area contributed by atoms with E-state index in [0.29, 0.717) is 0 Å². The average molecular weight is 232 g/mol. The Morgan fingerprint density at radius 1 is 1.41 bits per heavy atom. The number of carbonyl (C=O) groups excluding carboxylic acids is 1. The van der Waals surface area contributed by atoms with Crippen molar-refractivity contribution in [3.63, 3.8) is 0 Å². The zero-order valence-corrected chi connectivity index (χ0v) is 10.0. The van der Waals surface area contributed by atoms with Crippen molar-refractivity contribution in [1.29, 1.82) is 5.26 Å². The van der Waals surface area contributed by atoms with Gasteiger partial charge in [0.05, 0.1) is 6.07 Å².